The minimum atomic E-state index is -0.207. The second-order valence-electron chi connectivity index (χ2n) is 6.52. The number of hydrogen-bond acceptors (Lipinski definition) is 2. The zero-order chi connectivity index (χ0) is 14.0. The van der Waals surface area contributed by atoms with E-state index in [0.717, 1.165) is 23.8 Å². The van der Waals surface area contributed by atoms with Gasteiger partial charge in [0.25, 0.3) is 0 Å². The van der Waals surface area contributed by atoms with Gasteiger partial charge in [-0.25, -0.2) is 0 Å². The van der Waals surface area contributed by atoms with Gasteiger partial charge in [0.15, 0.2) is 0 Å². The fourth-order valence-corrected chi connectivity index (χ4v) is 3.86. The van der Waals surface area contributed by atoms with Crippen molar-refractivity contribution in [2.24, 2.45) is 17.3 Å². The fourth-order valence-electron chi connectivity index (χ4n) is 3.86. The molecule has 0 N–H and O–H groups in total. The predicted molar refractivity (Wildman–Crippen MR) is 77.7 cm³/mol. The summed E-state index contributed by atoms with van der Waals surface area (Å²) in [6.45, 7) is 10.7. The second-order valence-corrected chi connectivity index (χ2v) is 6.52. The van der Waals surface area contributed by atoms with Gasteiger partial charge < -0.3 is 4.74 Å². The summed E-state index contributed by atoms with van der Waals surface area (Å²) in [7, 11) is 0. The molecular weight excluding hydrogens is 236 g/mol. The summed E-state index contributed by atoms with van der Waals surface area (Å²) in [4.78, 5) is 10.8. The molecule has 0 aliphatic heterocycles. The Morgan fingerprint density at radius 1 is 1.47 bits per heavy atom. The Morgan fingerprint density at radius 3 is 2.79 bits per heavy atom. The number of ether oxygens (including phenoxy) is 1. The van der Waals surface area contributed by atoms with E-state index >= 15 is 0 Å². The van der Waals surface area contributed by atoms with E-state index in [0.29, 0.717) is 12.0 Å². The highest BCUT2D eigenvalue weighted by Crippen LogP contribution is 2.60. The van der Waals surface area contributed by atoms with Crippen molar-refractivity contribution in [3.8, 4) is 0 Å². The van der Waals surface area contributed by atoms with Crippen molar-refractivity contribution in [1.82, 2.24) is 0 Å². The summed E-state index contributed by atoms with van der Waals surface area (Å²) < 4.78 is 5.00. The molecule has 2 heteroatoms. The average molecular weight is 262 g/mol. The van der Waals surface area contributed by atoms with Crippen LogP contribution in [0.25, 0.3) is 0 Å². The van der Waals surface area contributed by atoms with E-state index in [-0.39, 0.29) is 5.97 Å². The maximum Gasteiger partial charge on any atom is 0.302 e. The monoisotopic (exact) mass is 262 g/mol. The van der Waals surface area contributed by atoms with Gasteiger partial charge in [-0.15, -0.1) is 0 Å². The van der Waals surface area contributed by atoms with Crippen molar-refractivity contribution in [2.75, 3.05) is 6.61 Å². The standard InChI is InChI=1S/C17H26O2/c1-12(11-19-14(3)18)6-5-9-17(4)13(2)15-7-8-16(17)10-15/h6,15-16H,2,5,7-11H2,1,3-4H3/b12-6-/t15-,16+,17+/m0/s1. The van der Waals surface area contributed by atoms with Crippen LogP contribution in [-0.4, -0.2) is 12.6 Å². The normalized spacial score (nSPS) is 33.8. The van der Waals surface area contributed by atoms with Crippen LogP contribution in [0.3, 0.4) is 0 Å². The van der Waals surface area contributed by atoms with Crippen LogP contribution in [0.2, 0.25) is 0 Å². The molecule has 0 radical (unpaired) electrons. The predicted octanol–water partition coefficient (Wildman–Crippen LogP) is 4.27. The zero-order valence-electron chi connectivity index (χ0n) is 12.5. The number of rotatable bonds is 5. The number of carbonyl (C=O) groups is 1. The largest absolute Gasteiger partial charge is 0.461 e. The molecule has 3 atom stereocenters. The van der Waals surface area contributed by atoms with E-state index in [2.05, 4.69) is 19.6 Å². The highest BCUT2D eigenvalue weighted by Gasteiger charge is 2.49. The van der Waals surface area contributed by atoms with Gasteiger partial charge in [-0.1, -0.05) is 25.2 Å². The van der Waals surface area contributed by atoms with E-state index in [4.69, 9.17) is 4.74 Å². The molecule has 2 saturated carbocycles. The summed E-state index contributed by atoms with van der Waals surface area (Å²) in [6, 6.07) is 0. The Balaban J connectivity index is 1.84. The molecule has 106 valence electrons. The molecule has 0 heterocycles. The maximum absolute atomic E-state index is 10.8. The molecule has 2 rings (SSSR count). The molecule has 0 unspecified atom stereocenters. The van der Waals surface area contributed by atoms with Crippen LogP contribution >= 0.6 is 0 Å². The zero-order valence-corrected chi connectivity index (χ0v) is 12.5. The number of esters is 1. The third kappa shape index (κ3) is 2.93. The quantitative estimate of drug-likeness (QED) is 0.546. The number of hydrogen-bond donors (Lipinski definition) is 0. The Morgan fingerprint density at radius 2 is 2.21 bits per heavy atom. The van der Waals surface area contributed by atoms with Gasteiger partial charge >= 0.3 is 5.97 Å². The Labute approximate surface area is 116 Å². The fraction of sp³-hybridized carbons (Fsp3) is 0.706. The molecule has 2 aliphatic rings. The summed E-state index contributed by atoms with van der Waals surface area (Å²) in [5.74, 6) is 1.44. The molecule has 0 amide bonds. The maximum atomic E-state index is 10.8. The van der Waals surface area contributed by atoms with Crippen LogP contribution in [0.5, 0.6) is 0 Å². The molecule has 0 aromatic rings. The van der Waals surface area contributed by atoms with E-state index in [1.807, 2.05) is 6.92 Å². The number of allylic oxidation sites excluding steroid dienone is 2. The Hall–Kier alpha value is -1.05. The Kier molecular flexibility index (Phi) is 4.17. The topological polar surface area (TPSA) is 26.3 Å². The minimum Gasteiger partial charge on any atom is -0.461 e. The highest BCUT2D eigenvalue weighted by atomic mass is 16.5. The van der Waals surface area contributed by atoms with Crippen LogP contribution < -0.4 is 0 Å². The summed E-state index contributed by atoms with van der Waals surface area (Å²) in [6.07, 6.45) is 8.58. The van der Waals surface area contributed by atoms with E-state index in [9.17, 15) is 4.79 Å². The third-order valence-corrected chi connectivity index (χ3v) is 5.22. The average Bonchev–Trinajstić information content (AvgIpc) is 2.91. The molecule has 19 heavy (non-hydrogen) atoms. The summed E-state index contributed by atoms with van der Waals surface area (Å²) >= 11 is 0. The lowest BCUT2D eigenvalue weighted by Gasteiger charge is -2.36. The van der Waals surface area contributed by atoms with Crippen molar-refractivity contribution < 1.29 is 9.53 Å². The van der Waals surface area contributed by atoms with Crippen LogP contribution in [0.15, 0.2) is 23.8 Å². The first-order valence-electron chi connectivity index (χ1n) is 7.41. The van der Waals surface area contributed by atoms with E-state index < -0.39 is 0 Å². The molecule has 2 aliphatic carbocycles. The van der Waals surface area contributed by atoms with E-state index in [1.54, 1.807) is 0 Å². The van der Waals surface area contributed by atoms with Crippen molar-refractivity contribution in [1.29, 1.82) is 0 Å². The minimum absolute atomic E-state index is 0.207. The third-order valence-electron chi connectivity index (χ3n) is 5.22. The summed E-state index contributed by atoms with van der Waals surface area (Å²) in [5, 5.41) is 0. The van der Waals surface area contributed by atoms with Gasteiger partial charge in [-0.05, 0) is 61.9 Å². The molecule has 0 aromatic heterocycles. The lowest BCUT2D eigenvalue weighted by Crippen LogP contribution is -2.26. The second kappa shape index (κ2) is 5.52. The molecular formula is C17H26O2. The Bertz CT molecular complexity index is 407. The smallest absolute Gasteiger partial charge is 0.302 e. The molecule has 0 saturated heterocycles. The van der Waals surface area contributed by atoms with Crippen molar-refractivity contribution in [2.45, 2.75) is 52.9 Å². The van der Waals surface area contributed by atoms with Gasteiger partial charge in [0.1, 0.15) is 6.61 Å². The first-order chi connectivity index (χ1) is 8.93. The first-order valence-corrected chi connectivity index (χ1v) is 7.41. The van der Waals surface area contributed by atoms with Gasteiger partial charge in [0, 0.05) is 6.92 Å². The van der Waals surface area contributed by atoms with Crippen LogP contribution in [-0.2, 0) is 9.53 Å². The molecule has 2 nitrogen and oxygen atoms in total. The van der Waals surface area contributed by atoms with Gasteiger partial charge in [0.05, 0.1) is 0 Å². The van der Waals surface area contributed by atoms with Gasteiger partial charge in [0.2, 0.25) is 0 Å². The lowest BCUT2D eigenvalue weighted by molar-refractivity contribution is -0.139. The van der Waals surface area contributed by atoms with E-state index in [1.165, 1.54) is 38.2 Å². The van der Waals surface area contributed by atoms with Crippen LogP contribution in [0.4, 0.5) is 0 Å². The lowest BCUT2D eigenvalue weighted by atomic mass is 9.69. The van der Waals surface area contributed by atoms with Crippen LogP contribution in [0.1, 0.15) is 52.9 Å². The highest BCUT2D eigenvalue weighted by molar-refractivity contribution is 5.66. The van der Waals surface area contributed by atoms with Gasteiger partial charge in [-0.3, -0.25) is 4.79 Å². The summed E-state index contributed by atoms with van der Waals surface area (Å²) in [5.41, 5.74) is 2.99. The SMILES string of the molecule is C=C1[C@H]2CC[C@H](C2)[C@]1(C)CC/C=C(/C)COC(C)=O. The number of fused-ring (bicyclic) bond motifs is 2. The van der Waals surface area contributed by atoms with Crippen molar-refractivity contribution in [3.05, 3.63) is 23.8 Å². The van der Waals surface area contributed by atoms with Crippen LogP contribution in [0, 0.1) is 17.3 Å². The van der Waals surface area contributed by atoms with Crippen molar-refractivity contribution >= 4 is 5.97 Å². The molecule has 2 fully saturated rings. The molecule has 0 aromatic carbocycles. The van der Waals surface area contributed by atoms with Crippen molar-refractivity contribution in [3.63, 3.8) is 0 Å². The molecule has 0 spiro atoms. The molecule has 2 bridgehead atoms. The first kappa shape index (κ1) is 14.4. The number of carbonyl (C=O) groups excluding carboxylic acids is 1. The van der Waals surface area contributed by atoms with Gasteiger partial charge in [-0.2, -0.15) is 0 Å².